The number of halogens is 3. The second-order valence-electron chi connectivity index (χ2n) is 7.07. The van der Waals surface area contributed by atoms with E-state index in [1.807, 2.05) is 13.0 Å². The van der Waals surface area contributed by atoms with Crippen molar-refractivity contribution in [2.75, 3.05) is 5.32 Å². The number of nitrogens with zero attached hydrogens (tertiary/aromatic N) is 3. The van der Waals surface area contributed by atoms with Gasteiger partial charge >= 0.3 is 6.18 Å². The highest BCUT2D eigenvalue weighted by Crippen LogP contribution is 2.38. The number of anilines is 1. The maximum atomic E-state index is 13.6. The Labute approximate surface area is 167 Å². The second kappa shape index (κ2) is 8.11. The van der Waals surface area contributed by atoms with Crippen molar-refractivity contribution in [3.63, 3.8) is 0 Å². The van der Waals surface area contributed by atoms with E-state index in [2.05, 4.69) is 34.1 Å². The van der Waals surface area contributed by atoms with Gasteiger partial charge in [-0.2, -0.15) is 18.4 Å². The minimum absolute atomic E-state index is 0.0609. The number of rotatable bonds is 6. The minimum atomic E-state index is -4.59. The van der Waals surface area contributed by atoms with Crippen LogP contribution in [0.3, 0.4) is 0 Å². The van der Waals surface area contributed by atoms with Crippen molar-refractivity contribution in [2.45, 2.75) is 45.8 Å². The average Bonchev–Trinajstić information content (AvgIpc) is 3.13. The summed E-state index contributed by atoms with van der Waals surface area (Å²) in [5.74, 6) is 0.495. The Morgan fingerprint density at radius 1 is 1.24 bits per heavy atom. The molecule has 29 heavy (non-hydrogen) atoms. The molecule has 3 aromatic rings. The molecule has 2 atom stereocenters. The summed E-state index contributed by atoms with van der Waals surface area (Å²) in [7, 11) is 0. The van der Waals surface area contributed by atoms with Crippen molar-refractivity contribution in [1.29, 1.82) is 5.26 Å². The van der Waals surface area contributed by atoms with Crippen LogP contribution in [0, 0.1) is 17.2 Å². The lowest BCUT2D eigenvalue weighted by atomic mass is 9.97. The smallest absolute Gasteiger partial charge is 0.360 e. The predicted molar refractivity (Wildman–Crippen MR) is 106 cm³/mol. The summed E-state index contributed by atoms with van der Waals surface area (Å²) in [6.07, 6.45) is -0.540. The number of hydrogen-bond acceptors (Lipinski definition) is 4. The number of fused-ring (bicyclic) bond motifs is 1. The lowest BCUT2D eigenvalue weighted by Crippen LogP contribution is -2.27. The van der Waals surface area contributed by atoms with Crippen LogP contribution >= 0.6 is 0 Å². The quantitative estimate of drug-likeness (QED) is 0.551. The molecule has 0 spiro atoms. The van der Waals surface area contributed by atoms with Gasteiger partial charge in [0, 0.05) is 34.9 Å². The maximum absolute atomic E-state index is 13.6. The van der Waals surface area contributed by atoms with E-state index in [0.29, 0.717) is 27.9 Å². The Balaban J connectivity index is 2.12. The molecule has 0 bridgehead atoms. The Morgan fingerprint density at radius 2 is 2.00 bits per heavy atom. The first kappa shape index (κ1) is 20.6. The van der Waals surface area contributed by atoms with Gasteiger partial charge in [-0.1, -0.05) is 33.3 Å². The van der Waals surface area contributed by atoms with Crippen molar-refractivity contribution in [3.8, 4) is 17.3 Å². The van der Waals surface area contributed by atoms with E-state index in [0.717, 1.165) is 19.0 Å². The number of alkyl halides is 3. The van der Waals surface area contributed by atoms with Gasteiger partial charge in [-0.05, 0) is 24.5 Å². The first-order valence-corrected chi connectivity index (χ1v) is 9.50. The van der Waals surface area contributed by atoms with Crippen molar-refractivity contribution >= 4 is 16.9 Å². The monoisotopic (exact) mass is 401 g/mol. The highest BCUT2D eigenvalue weighted by atomic mass is 19.4. The van der Waals surface area contributed by atoms with Gasteiger partial charge in [0.25, 0.3) is 0 Å². The zero-order chi connectivity index (χ0) is 21.2. The molecule has 5 nitrogen and oxygen atoms in total. The van der Waals surface area contributed by atoms with Gasteiger partial charge < -0.3 is 10.3 Å². The van der Waals surface area contributed by atoms with Gasteiger partial charge in [-0.3, -0.25) is 0 Å². The predicted octanol–water partition coefficient (Wildman–Crippen LogP) is 5.75. The summed E-state index contributed by atoms with van der Waals surface area (Å²) >= 11 is 0. The fourth-order valence-corrected chi connectivity index (χ4v) is 3.35. The summed E-state index contributed by atoms with van der Waals surface area (Å²) in [6.45, 7) is 6.16. The Kier molecular flexibility index (Phi) is 5.78. The van der Waals surface area contributed by atoms with E-state index in [-0.39, 0.29) is 17.7 Å². The highest BCUT2D eigenvalue weighted by molar-refractivity contribution is 5.96. The third kappa shape index (κ3) is 4.19. The summed E-state index contributed by atoms with van der Waals surface area (Å²) in [5, 5.41) is 12.8. The SMILES string of the molecule is CC[C@@H](C)[C@@H](CC)Nc1ncc(C(F)(F)F)c(-c2c[nH]c3cc(C#N)ccc23)n1. The van der Waals surface area contributed by atoms with E-state index >= 15 is 0 Å². The lowest BCUT2D eigenvalue weighted by Gasteiger charge is -2.23. The lowest BCUT2D eigenvalue weighted by molar-refractivity contribution is -0.137. The fourth-order valence-electron chi connectivity index (χ4n) is 3.35. The number of hydrogen-bond donors (Lipinski definition) is 2. The number of nitrogens with one attached hydrogen (secondary N) is 2. The number of H-pyrrole nitrogens is 1. The molecular weight excluding hydrogens is 379 g/mol. The molecule has 2 aromatic heterocycles. The molecule has 2 heterocycles. The molecule has 0 saturated heterocycles. The van der Waals surface area contributed by atoms with Gasteiger partial charge in [-0.15, -0.1) is 0 Å². The molecule has 0 aliphatic heterocycles. The highest BCUT2D eigenvalue weighted by Gasteiger charge is 2.36. The Morgan fingerprint density at radius 3 is 2.62 bits per heavy atom. The van der Waals surface area contributed by atoms with Crippen molar-refractivity contribution in [3.05, 3.63) is 41.7 Å². The van der Waals surface area contributed by atoms with Gasteiger partial charge in [0.15, 0.2) is 0 Å². The Bertz CT molecular complexity index is 1050. The molecular formula is C21H22F3N5. The number of aromatic amines is 1. The molecule has 0 fully saturated rings. The first-order chi connectivity index (χ1) is 13.8. The largest absolute Gasteiger partial charge is 0.419 e. The summed E-state index contributed by atoms with van der Waals surface area (Å²) in [5.41, 5.74) is 0.228. The Hall–Kier alpha value is -3.08. The van der Waals surface area contributed by atoms with Crippen LogP contribution in [0.25, 0.3) is 22.2 Å². The van der Waals surface area contributed by atoms with Crippen LogP contribution in [0.2, 0.25) is 0 Å². The second-order valence-corrected chi connectivity index (χ2v) is 7.07. The summed E-state index contributed by atoms with van der Waals surface area (Å²) < 4.78 is 40.9. The van der Waals surface area contributed by atoms with E-state index in [4.69, 9.17) is 5.26 Å². The molecule has 0 aliphatic carbocycles. The van der Waals surface area contributed by atoms with Gasteiger partial charge in [0.2, 0.25) is 5.95 Å². The van der Waals surface area contributed by atoms with Crippen molar-refractivity contribution in [2.24, 2.45) is 5.92 Å². The molecule has 1 aromatic carbocycles. The number of benzene rings is 1. The van der Waals surface area contributed by atoms with Gasteiger partial charge in [0.1, 0.15) is 5.56 Å². The van der Waals surface area contributed by atoms with Crippen LogP contribution in [0.4, 0.5) is 19.1 Å². The van der Waals surface area contributed by atoms with Crippen LogP contribution in [0.5, 0.6) is 0 Å². The minimum Gasteiger partial charge on any atom is -0.360 e. The molecule has 3 rings (SSSR count). The first-order valence-electron chi connectivity index (χ1n) is 9.50. The van der Waals surface area contributed by atoms with E-state index < -0.39 is 11.7 Å². The molecule has 152 valence electrons. The van der Waals surface area contributed by atoms with Crippen molar-refractivity contribution < 1.29 is 13.2 Å². The normalized spacial score (nSPS) is 13.8. The van der Waals surface area contributed by atoms with Crippen LogP contribution < -0.4 is 5.32 Å². The maximum Gasteiger partial charge on any atom is 0.419 e. The molecule has 0 unspecified atom stereocenters. The van der Waals surface area contributed by atoms with Crippen LogP contribution in [-0.2, 0) is 6.18 Å². The van der Waals surface area contributed by atoms with E-state index in [9.17, 15) is 13.2 Å². The van der Waals surface area contributed by atoms with Crippen LogP contribution in [0.1, 0.15) is 44.7 Å². The fraction of sp³-hybridized carbons (Fsp3) is 0.381. The molecule has 2 N–H and O–H groups in total. The zero-order valence-corrected chi connectivity index (χ0v) is 16.4. The van der Waals surface area contributed by atoms with Gasteiger partial charge in [-0.25, -0.2) is 9.97 Å². The van der Waals surface area contributed by atoms with Crippen molar-refractivity contribution in [1.82, 2.24) is 15.0 Å². The van der Waals surface area contributed by atoms with Gasteiger partial charge in [0.05, 0.1) is 17.3 Å². The van der Waals surface area contributed by atoms with E-state index in [1.165, 1.54) is 6.20 Å². The topological polar surface area (TPSA) is 77.4 Å². The third-order valence-corrected chi connectivity index (χ3v) is 5.25. The number of aromatic nitrogens is 3. The molecule has 0 amide bonds. The summed E-state index contributed by atoms with van der Waals surface area (Å²) in [6, 6.07) is 6.88. The molecule has 0 aliphatic rings. The molecule has 0 saturated carbocycles. The third-order valence-electron chi connectivity index (χ3n) is 5.25. The van der Waals surface area contributed by atoms with Crippen LogP contribution in [-0.4, -0.2) is 21.0 Å². The average molecular weight is 401 g/mol. The molecule has 0 radical (unpaired) electrons. The zero-order valence-electron chi connectivity index (χ0n) is 16.4. The molecule has 8 heteroatoms. The van der Waals surface area contributed by atoms with E-state index in [1.54, 1.807) is 18.2 Å². The summed E-state index contributed by atoms with van der Waals surface area (Å²) in [4.78, 5) is 11.1. The number of nitriles is 1. The standard InChI is InChI=1S/C21H22F3N5/c1-4-12(3)17(5-2)28-20-27-11-16(21(22,23)24)19(29-20)15-10-26-18-8-13(9-25)6-7-14(15)18/h6-8,10-12,17,26H,4-5H2,1-3H3,(H,27,28,29)/t12-,17-/m1/s1. The van der Waals surface area contributed by atoms with Crippen LogP contribution in [0.15, 0.2) is 30.6 Å².